The van der Waals surface area contributed by atoms with E-state index in [-0.39, 0.29) is 66.1 Å². The maximum Gasteiger partial charge on any atom is 0.324 e. The van der Waals surface area contributed by atoms with Crippen molar-refractivity contribution < 1.29 is 145 Å². The molecule has 0 aliphatic carbocycles. The second kappa shape index (κ2) is 49.0. The number of aliphatic hydroxyl groups is 9. The summed E-state index contributed by atoms with van der Waals surface area (Å²) >= 11 is 21.2. The highest BCUT2D eigenvalue weighted by molar-refractivity contribution is 8.08. The molecule has 3 aliphatic rings. The first-order valence-corrected chi connectivity index (χ1v) is 43.8. The maximum absolute atomic E-state index is 11.8. The number of carbonyl (C=O) groups excluding carboxylic acids is 3. The van der Waals surface area contributed by atoms with Crippen LogP contribution < -0.4 is 16.0 Å². The minimum atomic E-state index is -3.73. The van der Waals surface area contributed by atoms with E-state index >= 15 is 0 Å². The highest BCUT2D eigenvalue weighted by Crippen LogP contribution is 2.48. The van der Waals surface area contributed by atoms with Crippen molar-refractivity contribution in [3.8, 4) is 0 Å². The molecule has 3 saturated heterocycles. The molecule has 0 bridgehead atoms. The van der Waals surface area contributed by atoms with Gasteiger partial charge >= 0.3 is 26.9 Å². The quantitative estimate of drug-likeness (QED) is 0.0292. The van der Waals surface area contributed by atoms with Crippen molar-refractivity contribution in [3.63, 3.8) is 0 Å². The van der Waals surface area contributed by atoms with Gasteiger partial charge < -0.3 is 151 Å². The van der Waals surface area contributed by atoms with Gasteiger partial charge in [0.05, 0.1) is 66.1 Å². The summed E-state index contributed by atoms with van der Waals surface area (Å²) < 4.78 is 79.1. The van der Waals surface area contributed by atoms with Gasteiger partial charge in [-0.2, -0.15) is 0 Å². The average Bonchev–Trinajstić information content (AvgIpc) is 0.826. The first-order valence-electron chi connectivity index (χ1n) is 33.4. The predicted octanol–water partition coefficient (Wildman–Crippen LogP) is 0.580. The molecule has 3 fully saturated rings. The van der Waals surface area contributed by atoms with Crippen LogP contribution in [0.2, 0.25) is 0 Å². The fourth-order valence-corrected chi connectivity index (χ4v) is 15.6. The van der Waals surface area contributed by atoms with Gasteiger partial charge in [0.25, 0.3) is 0 Å². The molecule has 3 rings (SSSR count). The molecule has 0 aromatic rings. The highest BCUT2D eigenvalue weighted by Gasteiger charge is 2.48. The Morgan fingerprint density at radius 2 is 0.636 bits per heavy atom. The summed E-state index contributed by atoms with van der Waals surface area (Å²) in [7, 11) is 3.15. The number of hydrogen-bond acceptors (Lipinski definition) is 31. The molecule has 19 atom stereocenters. The van der Waals surface area contributed by atoms with Crippen LogP contribution in [-0.4, -0.2) is 292 Å². The maximum atomic E-state index is 11.8. The fourth-order valence-electron chi connectivity index (χ4n) is 11.2. The lowest BCUT2D eigenvalue weighted by molar-refractivity contribution is -0.270. The van der Waals surface area contributed by atoms with Crippen molar-refractivity contribution in [2.75, 3.05) is 107 Å². The Kier molecular flexibility index (Phi) is 46.1. The van der Waals surface area contributed by atoms with Crippen LogP contribution in [0.5, 0.6) is 0 Å². The third kappa shape index (κ3) is 36.1. The predicted molar refractivity (Wildman–Crippen MR) is 372 cm³/mol. The Bertz CT molecular complexity index is 2270. The summed E-state index contributed by atoms with van der Waals surface area (Å²) in [6, 6.07) is -3.18. The van der Waals surface area contributed by atoms with E-state index in [1.807, 2.05) is 7.05 Å². The van der Waals surface area contributed by atoms with E-state index in [0.29, 0.717) is 129 Å². The van der Waals surface area contributed by atoms with E-state index in [1.54, 1.807) is 0 Å². The summed E-state index contributed by atoms with van der Waals surface area (Å²) in [4.78, 5) is 81.0. The van der Waals surface area contributed by atoms with E-state index in [2.05, 4.69) is 20.9 Å². The normalized spacial score (nSPS) is 29.0. The number of hydrogen-bond donors (Lipinski definition) is 16. The van der Waals surface area contributed by atoms with Crippen molar-refractivity contribution in [3.05, 3.63) is 0 Å². The molecule has 0 aromatic heterocycles. The minimum Gasteiger partial charge on any atom is -0.394 e. The molecule has 3 heterocycles. The molecule has 0 aromatic carbocycles. The molecular formula is C57H112N4O30P4S4. The molecule has 584 valence electrons. The molecule has 3 aliphatic heterocycles. The molecule has 0 spiro atoms. The molecule has 42 heteroatoms. The number of nitrogens with zero attached hydrogens (tertiary/aromatic N) is 1. The van der Waals surface area contributed by atoms with Gasteiger partial charge in [-0.15, -0.1) is 0 Å². The van der Waals surface area contributed by atoms with Crippen LogP contribution in [-0.2, 0) is 126 Å². The van der Waals surface area contributed by atoms with Crippen LogP contribution in [0.15, 0.2) is 0 Å². The minimum absolute atomic E-state index is 0.0112. The van der Waals surface area contributed by atoms with E-state index in [9.17, 15) is 79.9 Å². The van der Waals surface area contributed by atoms with Gasteiger partial charge in [-0.3, -0.25) is 14.4 Å². The second-order valence-electron chi connectivity index (χ2n) is 24.4. The summed E-state index contributed by atoms with van der Waals surface area (Å²) in [6.07, 6.45) is -5.56. The van der Waals surface area contributed by atoms with E-state index < -0.39 is 162 Å². The lowest BCUT2D eigenvalue weighted by Crippen LogP contribution is -2.64. The summed E-state index contributed by atoms with van der Waals surface area (Å²) in [5.41, 5.74) is -0.717. The fraction of sp³-hybridized carbons (Fsp3) is 0.947. The van der Waals surface area contributed by atoms with Gasteiger partial charge in [-0.25, -0.2) is 0 Å². The van der Waals surface area contributed by atoms with Gasteiger partial charge in [0.1, 0.15) is 73.1 Å². The lowest BCUT2D eigenvalue weighted by Gasteiger charge is -2.43. The van der Waals surface area contributed by atoms with Crippen molar-refractivity contribution in [2.45, 2.75) is 240 Å². The number of rotatable bonds is 55. The molecule has 16 N–H and O–H groups in total. The Morgan fingerprint density at radius 3 is 0.889 bits per heavy atom. The number of amides is 3. The SMILES string of the molecule is COP(O)(=S)OCCCN(C)C(CCCOP(O)(=S)OCCCCCCO[C@@H]1OC(CO)[C@H](O)[C@H](O)C1NC(C)=O)(CCCOP(O)(=S)OCCCCCCO[C@@H]1OC(CO)[C@H](O)C(O)[C@@H]1NC(C)=O)CCCOP(O)(=S)OCCCCCCO[C@@H]1OC(CO)[C@H](O)C(O)[C@@H]1NC(C)=O. The number of unbranched alkanes of at least 4 members (excludes halogenated alkanes) is 9. The largest absolute Gasteiger partial charge is 0.394 e. The van der Waals surface area contributed by atoms with E-state index in [1.165, 1.54) is 27.9 Å². The Balaban J connectivity index is 1.61. The lowest BCUT2D eigenvalue weighted by atomic mass is 9.82. The topological polar surface area (TPSA) is 483 Å². The number of ether oxygens (including phenoxy) is 6. The van der Waals surface area contributed by atoms with Gasteiger partial charge in [0.15, 0.2) is 18.9 Å². The van der Waals surface area contributed by atoms with Gasteiger partial charge in [0, 0.05) is 59.8 Å². The molecule has 0 radical (unpaired) electrons. The van der Waals surface area contributed by atoms with E-state index in [0.717, 1.165) is 0 Å². The van der Waals surface area contributed by atoms with Crippen LogP contribution in [0.3, 0.4) is 0 Å². The van der Waals surface area contributed by atoms with Gasteiger partial charge in [-0.05, 0) is 138 Å². The molecule has 0 saturated carbocycles. The monoisotopic (exact) mass is 1580 g/mol. The standard InChI is InChI=1S/C57H112N4O30P4S4/c1-39(65)58-45-51(71)48(68)42(36-62)89-54(45)79-26-12-6-9-15-29-83-93(75,97)86-32-18-22-57(61(4)25-21-35-82-92(74,96)78-5,23-19-33-87-94(76,98)84-30-16-10-7-13-27-80-55-46(59-40(2)66)52(72)49(69)43(37-63)90-55)24-20-34-88-95(77,99)85-31-17-11-8-14-28-81-56-47(60-41(3)67)53(73)50(70)44(38-64)91-56/h42-56,62-64,68-73H,6-38H2,1-5H3,(H,58,65)(H,59,66)(H,60,67)(H,74,96)(H,75,97)(H,76,98)(H,77,99)/t42?,43?,44?,45-,46-,47?,48-,49-,50-,51?,52?,53+,54+,55+,56+,57?,92?,93?,94?,95?/m0/s1. The molecule has 34 nitrogen and oxygen atoms in total. The van der Waals surface area contributed by atoms with Gasteiger partial charge in [0.2, 0.25) is 17.7 Å². The molecule has 99 heavy (non-hydrogen) atoms. The second-order valence-corrected chi connectivity index (χ2v) is 35.8. The van der Waals surface area contributed by atoms with Crippen LogP contribution in [0.4, 0.5) is 0 Å². The third-order valence-corrected chi connectivity index (χ3v) is 23.2. The molecule has 3 amide bonds. The van der Waals surface area contributed by atoms with Crippen molar-refractivity contribution in [1.29, 1.82) is 0 Å². The van der Waals surface area contributed by atoms with Crippen LogP contribution in [0.1, 0.15) is 143 Å². The highest BCUT2D eigenvalue weighted by atomic mass is 32.5. The number of aliphatic hydroxyl groups excluding tert-OH is 9. The summed E-state index contributed by atoms with van der Waals surface area (Å²) in [6.45, 7) is -11.4. The smallest absolute Gasteiger partial charge is 0.324 e. The van der Waals surface area contributed by atoms with Crippen LogP contribution in [0.25, 0.3) is 0 Å². The zero-order chi connectivity index (χ0) is 73.8. The van der Waals surface area contributed by atoms with E-state index in [4.69, 9.17) is 112 Å². The Hall–Kier alpha value is -0.110. The number of nitrogens with one attached hydrogen (secondary N) is 3. The van der Waals surface area contributed by atoms with Crippen molar-refractivity contribution in [1.82, 2.24) is 20.9 Å². The van der Waals surface area contributed by atoms with Gasteiger partial charge in [-0.1, -0.05) is 38.5 Å². The van der Waals surface area contributed by atoms with Crippen molar-refractivity contribution in [2.24, 2.45) is 0 Å². The van der Waals surface area contributed by atoms with Crippen LogP contribution >= 0.6 is 26.9 Å². The van der Waals surface area contributed by atoms with Crippen LogP contribution in [0, 0.1) is 0 Å². The Morgan fingerprint density at radius 1 is 0.394 bits per heavy atom. The summed E-state index contributed by atoms with van der Waals surface area (Å²) in [5, 5.41) is 98.9. The Labute approximate surface area is 600 Å². The zero-order valence-corrected chi connectivity index (χ0v) is 64.0. The average molecular weight is 1590 g/mol. The first-order chi connectivity index (χ1) is 46.8. The zero-order valence-electron chi connectivity index (χ0n) is 57.1. The molecular weight excluding hydrogens is 1470 g/mol. The summed E-state index contributed by atoms with van der Waals surface area (Å²) in [5.74, 6) is -1.41. The number of carbonyl (C=O) groups is 3. The third-order valence-electron chi connectivity index (χ3n) is 16.5. The molecule has 10 unspecified atom stereocenters. The first kappa shape index (κ1) is 93.1. The van der Waals surface area contributed by atoms with Crippen molar-refractivity contribution >= 4 is 91.8 Å².